The minimum atomic E-state index is -2.67. The first-order valence-electron chi connectivity index (χ1n) is 9.62. The normalized spacial score (nSPS) is 15.7. The molecule has 4 aromatic rings. The van der Waals surface area contributed by atoms with Gasteiger partial charge in [-0.3, -0.25) is 14.1 Å². The van der Waals surface area contributed by atoms with Crippen LogP contribution in [-0.2, 0) is 13.7 Å². The van der Waals surface area contributed by atoms with Crippen molar-refractivity contribution in [1.82, 2.24) is 33.8 Å². The van der Waals surface area contributed by atoms with Crippen molar-refractivity contribution < 1.29 is 8.78 Å². The molecule has 1 aliphatic rings. The van der Waals surface area contributed by atoms with E-state index in [1.807, 2.05) is 19.2 Å². The van der Waals surface area contributed by atoms with Gasteiger partial charge in [0.05, 0.1) is 29.3 Å². The maximum absolute atomic E-state index is 13.6. The highest BCUT2D eigenvalue weighted by Crippen LogP contribution is 2.26. The monoisotopic (exact) mass is 430 g/mol. The van der Waals surface area contributed by atoms with Crippen LogP contribution in [0.5, 0.6) is 0 Å². The molecule has 11 heteroatoms. The van der Waals surface area contributed by atoms with Gasteiger partial charge in [0, 0.05) is 33.2 Å². The molecule has 0 spiro atoms. The summed E-state index contributed by atoms with van der Waals surface area (Å²) in [6.45, 7) is 0.867. The van der Waals surface area contributed by atoms with Crippen LogP contribution in [0, 0.1) is 4.77 Å². The van der Waals surface area contributed by atoms with Gasteiger partial charge in [0.2, 0.25) is 0 Å². The molecule has 0 radical (unpaired) electrons. The van der Waals surface area contributed by atoms with Crippen LogP contribution in [-0.4, -0.2) is 60.0 Å². The molecule has 3 aromatic heterocycles. The topological polar surface area (TPSA) is 59.9 Å². The summed E-state index contributed by atoms with van der Waals surface area (Å²) < 4.78 is 31.7. The van der Waals surface area contributed by atoms with Crippen molar-refractivity contribution in [2.24, 2.45) is 7.05 Å². The molecule has 0 atom stereocenters. The number of aromatic nitrogens is 6. The lowest BCUT2D eigenvalue weighted by Crippen LogP contribution is -2.47. The van der Waals surface area contributed by atoms with Crippen LogP contribution < -0.4 is 4.90 Å². The highest BCUT2D eigenvalue weighted by Gasteiger charge is 2.23. The number of hydrogen-bond acceptors (Lipinski definition) is 6. The number of piperazine rings is 1. The lowest BCUT2D eigenvalue weighted by atomic mass is 10.3. The van der Waals surface area contributed by atoms with E-state index in [9.17, 15) is 8.78 Å². The van der Waals surface area contributed by atoms with Gasteiger partial charge in [0.1, 0.15) is 12.1 Å². The SMILES string of the molecule is Cn1ncc2c(N3CCN(Cn4c(=S)n(C(F)F)c5ccccc54)CC3)ncnc21. The lowest BCUT2D eigenvalue weighted by Gasteiger charge is -2.35. The number of nitrogens with zero attached hydrogens (tertiary/aromatic N) is 8. The number of benzene rings is 1. The average Bonchev–Trinajstić information content (AvgIpc) is 3.26. The Morgan fingerprint density at radius 3 is 2.53 bits per heavy atom. The van der Waals surface area contributed by atoms with Crippen molar-refractivity contribution in [2.75, 3.05) is 31.1 Å². The molecule has 1 aromatic carbocycles. The quantitative estimate of drug-likeness (QED) is 0.464. The molecule has 5 rings (SSSR count). The van der Waals surface area contributed by atoms with Crippen molar-refractivity contribution in [3.05, 3.63) is 41.6 Å². The van der Waals surface area contributed by atoms with Crippen LogP contribution in [0.25, 0.3) is 22.1 Å². The summed E-state index contributed by atoms with van der Waals surface area (Å²) in [6.07, 6.45) is 3.35. The number of anilines is 1. The highest BCUT2D eigenvalue weighted by atomic mass is 32.1. The van der Waals surface area contributed by atoms with Crippen LogP contribution in [0.4, 0.5) is 14.6 Å². The lowest BCUT2D eigenvalue weighted by molar-refractivity contribution is 0.0715. The molecule has 0 unspecified atom stereocenters. The van der Waals surface area contributed by atoms with E-state index < -0.39 is 6.55 Å². The van der Waals surface area contributed by atoms with E-state index in [2.05, 4.69) is 24.9 Å². The third-order valence-electron chi connectivity index (χ3n) is 5.59. The number of halogens is 2. The molecule has 1 fully saturated rings. The maximum atomic E-state index is 13.6. The van der Waals surface area contributed by atoms with E-state index in [4.69, 9.17) is 12.2 Å². The number of aryl methyl sites for hydroxylation is 1. The van der Waals surface area contributed by atoms with Gasteiger partial charge in [-0.2, -0.15) is 13.9 Å². The number of imidazole rings is 1. The standard InChI is InChI=1S/C19H20F2N8S/c1-25-16-13(10-24-25)17(23-11-22-16)27-8-6-26(7-9-27)12-28-14-4-2-3-5-15(14)29(18(20)21)19(28)30/h2-5,10-11,18H,6-9,12H2,1H3. The van der Waals surface area contributed by atoms with E-state index >= 15 is 0 Å². The molecular weight excluding hydrogens is 410 g/mol. The molecule has 0 bridgehead atoms. The van der Waals surface area contributed by atoms with Gasteiger partial charge in [0.25, 0.3) is 0 Å². The Labute approximate surface area is 176 Å². The molecule has 0 aliphatic carbocycles. The molecule has 1 saturated heterocycles. The molecule has 0 saturated carbocycles. The zero-order chi connectivity index (χ0) is 20.8. The number of fused-ring (bicyclic) bond motifs is 2. The van der Waals surface area contributed by atoms with E-state index in [-0.39, 0.29) is 4.77 Å². The molecule has 0 amide bonds. The molecule has 1 aliphatic heterocycles. The van der Waals surface area contributed by atoms with Crippen LogP contribution in [0.15, 0.2) is 36.8 Å². The van der Waals surface area contributed by atoms with Crippen molar-refractivity contribution in [3.8, 4) is 0 Å². The average molecular weight is 430 g/mol. The first-order chi connectivity index (χ1) is 14.5. The van der Waals surface area contributed by atoms with E-state index in [1.165, 1.54) is 0 Å². The Morgan fingerprint density at radius 1 is 1.07 bits per heavy atom. The zero-order valence-electron chi connectivity index (χ0n) is 16.3. The van der Waals surface area contributed by atoms with Gasteiger partial charge >= 0.3 is 6.55 Å². The first-order valence-corrected chi connectivity index (χ1v) is 10.0. The van der Waals surface area contributed by atoms with Gasteiger partial charge in [-0.1, -0.05) is 12.1 Å². The predicted molar refractivity (Wildman–Crippen MR) is 112 cm³/mol. The van der Waals surface area contributed by atoms with Crippen molar-refractivity contribution >= 4 is 40.1 Å². The summed E-state index contributed by atoms with van der Waals surface area (Å²) in [5.74, 6) is 0.874. The van der Waals surface area contributed by atoms with Gasteiger partial charge < -0.3 is 9.47 Å². The Morgan fingerprint density at radius 2 is 1.80 bits per heavy atom. The summed E-state index contributed by atoms with van der Waals surface area (Å²) in [5, 5.41) is 5.20. The fourth-order valence-electron chi connectivity index (χ4n) is 4.06. The largest absolute Gasteiger partial charge is 0.353 e. The summed E-state index contributed by atoms with van der Waals surface area (Å²) in [6, 6.07) is 7.11. The maximum Gasteiger partial charge on any atom is 0.321 e. The summed E-state index contributed by atoms with van der Waals surface area (Å²) in [7, 11) is 1.86. The van der Waals surface area contributed by atoms with Crippen LogP contribution in [0.1, 0.15) is 6.55 Å². The van der Waals surface area contributed by atoms with E-state index in [0.29, 0.717) is 12.2 Å². The number of para-hydroxylation sites is 2. The molecule has 8 nitrogen and oxygen atoms in total. The Hall–Kier alpha value is -2.92. The van der Waals surface area contributed by atoms with Gasteiger partial charge in [0.15, 0.2) is 10.4 Å². The third-order valence-corrected chi connectivity index (χ3v) is 6.00. The predicted octanol–water partition coefficient (Wildman–Crippen LogP) is 3.02. The summed E-state index contributed by atoms with van der Waals surface area (Å²) in [4.78, 5) is 13.2. The minimum Gasteiger partial charge on any atom is -0.353 e. The van der Waals surface area contributed by atoms with E-state index in [1.54, 1.807) is 33.9 Å². The van der Waals surface area contributed by atoms with Crippen molar-refractivity contribution in [1.29, 1.82) is 0 Å². The molecule has 156 valence electrons. The smallest absolute Gasteiger partial charge is 0.321 e. The number of hydrogen-bond donors (Lipinski definition) is 0. The fraction of sp³-hybridized carbons (Fsp3) is 0.368. The Kier molecular flexibility index (Phi) is 4.70. The minimum absolute atomic E-state index is 0.140. The molecule has 4 heterocycles. The van der Waals surface area contributed by atoms with E-state index in [0.717, 1.165) is 53.1 Å². The first kappa shape index (κ1) is 19.1. The molecule has 0 N–H and O–H groups in total. The highest BCUT2D eigenvalue weighted by molar-refractivity contribution is 7.71. The Balaban J connectivity index is 1.37. The molecule has 30 heavy (non-hydrogen) atoms. The van der Waals surface area contributed by atoms with Gasteiger partial charge in [-0.05, 0) is 24.4 Å². The third kappa shape index (κ3) is 3.05. The van der Waals surface area contributed by atoms with Crippen LogP contribution in [0.3, 0.4) is 0 Å². The zero-order valence-corrected chi connectivity index (χ0v) is 17.1. The summed E-state index contributed by atoms with van der Waals surface area (Å²) >= 11 is 5.38. The van der Waals surface area contributed by atoms with Gasteiger partial charge in [-0.25, -0.2) is 9.97 Å². The van der Waals surface area contributed by atoms with Crippen LogP contribution >= 0.6 is 12.2 Å². The second-order valence-corrected chi connectivity index (χ2v) is 7.66. The second kappa shape index (κ2) is 7.40. The number of alkyl halides is 2. The van der Waals surface area contributed by atoms with Crippen molar-refractivity contribution in [2.45, 2.75) is 13.2 Å². The fourth-order valence-corrected chi connectivity index (χ4v) is 4.39. The molecular formula is C19H20F2N8S. The van der Waals surface area contributed by atoms with Crippen molar-refractivity contribution in [3.63, 3.8) is 0 Å². The summed E-state index contributed by atoms with van der Waals surface area (Å²) in [5.41, 5.74) is 1.97. The second-order valence-electron chi connectivity index (χ2n) is 7.30. The number of rotatable bonds is 4. The van der Waals surface area contributed by atoms with Crippen LogP contribution in [0.2, 0.25) is 0 Å². The van der Waals surface area contributed by atoms with Gasteiger partial charge in [-0.15, -0.1) is 0 Å². The Bertz CT molecular complexity index is 1270.